The van der Waals surface area contributed by atoms with Crippen LogP contribution in [0.15, 0.2) is 71.6 Å². The molecule has 1 fully saturated rings. The smallest absolute Gasteiger partial charge is 0.185 e. The Balaban J connectivity index is 1.72. The number of nitrogens with zero attached hydrogens (tertiary/aromatic N) is 3. The molecule has 6 heteroatoms. The van der Waals surface area contributed by atoms with E-state index in [1.54, 1.807) is 31.4 Å². The average molecular weight is 438 g/mol. The van der Waals surface area contributed by atoms with Gasteiger partial charge in [-0.3, -0.25) is 4.79 Å². The molecular formula is C26H19N3O2S. The van der Waals surface area contributed by atoms with E-state index in [2.05, 4.69) is 12.1 Å². The van der Waals surface area contributed by atoms with E-state index in [1.807, 2.05) is 58.3 Å². The van der Waals surface area contributed by atoms with E-state index in [0.29, 0.717) is 11.3 Å². The van der Waals surface area contributed by atoms with Gasteiger partial charge >= 0.3 is 0 Å². The third kappa shape index (κ3) is 2.77. The Bertz CT molecular complexity index is 1270. The van der Waals surface area contributed by atoms with E-state index < -0.39 is 23.4 Å². The molecule has 2 aliphatic rings. The van der Waals surface area contributed by atoms with Crippen LogP contribution < -0.4 is 4.74 Å². The van der Waals surface area contributed by atoms with Gasteiger partial charge in [-0.2, -0.15) is 21.9 Å². The lowest BCUT2D eigenvalue weighted by Gasteiger charge is -2.34. The Morgan fingerprint density at radius 3 is 2.50 bits per heavy atom. The molecule has 1 saturated heterocycles. The number of thiophene rings is 1. The molecule has 0 amide bonds. The van der Waals surface area contributed by atoms with Gasteiger partial charge in [-0.25, -0.2) is 0 Å². The highest BCUT2D eigenvalue weighted by atomic mass is 32.1. The van der Waals surface area contributed by atoms with Gasteiger partial charge in [0.15, 0.2) is 11.2 Å². The number of nitriles is 2. The molecular weight excluding hydrogens is 418 g/mol. The lowest BCUT2D eigenvalue weighted by Crippen LogP contribution is -2.37. The number of fused-ring (bicyclic) bond motifs is 3. The second kappa shape index (κ2) is 7.67. The summed E-state index contributed by atoms with van der Waals surface area (Å²) in [6, 6.07) is 20.1. The highest BCUT2D eigenvalue weighted by Gasteiger charge is 2.63. The van der Waals surface area contributed by atoms with Gasteiger partial charge in [0.2, 0.25) is 0 Å². The van der Waals surface area contributed by atoms with Gasteiger partial charge in [0.1, 0.15) is 11.8 Å². The number of hydrogen-bond donors (Lipinski definition) is 0. The van der Waals surface area contributed by atoms with Gasteiger partial charge in [-0.1, -0.05) is 24.3 Å². The Labute approximate surface area is 190 Å². The predicted molar refractivity (Wildman–Crippen MR) is 122 cm³/mol. The van der Waals surface area contributed by atoms with E-state index in [1.165, 1.54) is 11.3 Å². The maximum absolute atomic E-state index is 13.9. The third-order valence-electron chi connectivity index (χ3n) is 6.49. The molecule has 156 valence electrons. The van der Waals surface area contributed by atoms with Crippen molar-refractivity contribution in [1.29, 1.82) is 10.5 Å². The first-order chi connectivity index (χ1) is 15.6. The fourth-order valence-electron chi connectivity index (χ4n) is 5.05. The summed E-state index contributed by atoms with van der Waals surface area (Å²) in [5.41, 5.74) is 1.79. The van der Waals surface area contributed by atoms with Crippen LogP contribution in [-0.4, -0.2) is 23.8 Å². The first-order valence-corrected chi connectivity index (χ1v) is 11.2. The van der Waals surface area contributed by atoms with Crippen molar-refractivity contribution in [2.24, 2.45) is 5.41 Å². The van der Waals surface area contributed by atoms with Gasteiger partial charge < -0.3 is 9.64 Å². The molecule has 5 rings (SSSR count). The number of ether oxygens (including phenoxy) is 1. The highest BCUT2D eigenvalue weighted by Crippen LogP contribution is 2.60. The second-order valence-electron chi connectivity index (χ2n) is 7.96. The summed E-state index contributed by atoms with van der Waals surface area (Å²) in [7, 11) is 1.58. The number of carbonyl (C=O) groups is 1. The number of methoxy groups -OCH3 is 1. The number of hydrogen-bond acceptors (Lipinski definition) is 6. The average Bonchev–Trinajstić information content (AvgIpc) is 3.48. The highest BCUT2D eigenvalue weighted by molar-refractivity contribution is 7.08. The van der Waals surface area contributed by atoms with E-state index >= 15 is 0 Å². The number of benzene rings is 2. The van der Waals surface area contributed by atoms with E-state index in [-0.39, 0.29) is 5.78 Å². The minimum absolute atomic E-state index is 0.120. The van der Waals surface area contributed by atoms with E-state index in [4.69, 9.17) is 4.74 Å². The summed E-state index contributed by atoms with van der Waals surface area (Å²) in [5, 5.41) is 24.7. The Morgan fingerprint density at radius 2 is 1.84 bits per heavy atom. The van der Waals surface area contributed by atoms with E-state index in [0.717, 1.165) is 16.7 Å². The zero-order valence-electron chi connectivity index (χ0n) is 17.3. The molecule has 3 atom stereocenters. The van der Waals surface area contributed by atoms with Crippen molar-refractivity contribution in [3.05, 3.63) is 93.8 Å². The van der Waals surface area contributed by atoms with Crippen molar-refractivity contribution < 1.29 is 9.53 Å². The molecule has 0 saturated carbocycles. The first kappa shape index (κ1) is 20.1. The Hall–Kier alpha value is -3.87. The van der Waals surface area contributed by atoms with Crippen molar-refractivity contribution in [3.8, 4) is 17.9 Å². The normalized spacial score (nSPS) is 22.3. The number of rotatable bonds is 4. The third-order valence-corrected chi connectivity index (χ3v) is 7.19. The summed E-state index contributed by atoms with van der Waals surface area (Å²) < 4.78 is 5.23. The van der Waals surface area contributed by atoms with Crippen LogP contribution in [-0.2, 0) is 0 Å². The Morgan fingerprint density at radius 1 is 1.09 bits per heavy atom. The molecule has 3 aromatic rings. The zero-order chi connectivity index (χ0) is 22.3. The van der Waals surface area contributed by atoms with Crippen LogP contribution in [0.5, 0.6) is 5.75 Å². The second-order valence-corrected chi connectivity index (χ2v) is 8.74. The minimum Gasteiger partial charge on any atom is -0.497 e. The first-order valence-electron chi connectivity index (χ1n) is 10.2. The van der Waals surface area contributed by atoms with Crippen molar-refractivity contribution in [2.75, 3.05) is 7.11 Å². The lowest BCUT2D eigenvalue weighted by molar-refractivity contribution is 0.0875. The van der Waals surface area contributed by atoms with Crippen LogP contribution in [0, 0.1) is 28.1 Å². The fraction of sp³-hybridized carbons (Fsp3) is 0.192. The molecule has 0 bridgehead atoms. The summed E-state index contributed by atoms with van der Waals surface area (Å²) in [4.78, 5) is 15.8. The lowest BCUT2D eigenvalue weighted by atomic mass is 9.68. The van der Waals surface area contributed by atoms with Crippen LogP contribution in [0.2, 0.25) is 0 Å². The van der Waals surface area contributed by atoms with Gasteiger partial charge in [-0.15, -0.1) is 0 Å². The topological polar surface area (TPSA) is 77.1 Å². The quantitative estimate of drug-likeness (QED) is 0.527. The zero-order valence-corrected chi connectivity index (χ0v) is 18.1. The Kier molecular flexibility index (Phi) is 4.81. The number of carbonyl (C=O) groups excluding carboxylic acids is 1. The van der Waals surface area contributed by atoms with Crippen molar-refractivity contribution >= 4 is 23.2 Å². The largest absolute Gasteiger partial charge is 0.497 e. The SMILES string of the molecule is COc1ccc(C(=O)[C@H]2[C@H](c3ccsc3)C(C#N)(C#N)[C@@H]3c4ccccc4C=CN32)cc1. The molecule has 3 heterocycles. The maximum Gasteiger partial charge on any atom is 0.185 e. The standard InChI is InChI=1S/C26H19N3O2S/c1-31-20-8-6-18(7-9-20)24(30)23-22(19-11-13-32-14-19)26(15-27,16-28)25-21-5-3-2-4-17(21)10-12-29(23)25/h2-14,22-23,25H,1H3/t22-,23+,25-/m0/s1. The predicted octanol–water partition coefficient (Wildman–Crippen LogP) is 5.17. The fourth-order valence-corrected chi connectivity index (χ4v) is 5.74. The molecule has 0 N–H and O–H groups in total. The van der Waals surface area contributed by atoms with Crippen LogP contribution in [0.3, 0.4) is 0 Å². The number of Topliss-reactive ketones (excluding diaryl/α,β-unsaturated/α-hetero) is 1. The van der Waals surface area contributed by atoms with Crippen LogP contribution >= 0.6 is 11.3 Å². The van der Waals surface area contributed by atoms with E-state index in [9.17, 15) is 15.3 Å². The summed E-state index contributed by atoms with van der Waals surface area (Å²) in [6.45, 7) is 0. The summed E-state index contributed by atoms with van der Waals surface area (Å²) in [5.74, 6) is -0.0557. The molecule has 0 aliphatic carbocycles. The molecule has 5 nitrogen and oxygen atoms in total. The molecule has 0 spiro atoms. The molecule has 2 aliphatic heterocycles. The minimum atomic E-state index is -1.42. The molecule has 0 unspecified atom stereocenters. The van der Waals surface area contributed by atoms with Crippen molar-refractivity contribution in [2.45, 2.75) is 18.0 Å². The van der Waals surface area contributed by atoms with Gasteiger partial charge in [0, 0.05) is 17.7 Å². The maximum atomic E-state index is 13.9. The molecule has 2 aromatic carbocycles. The molecule has 1 aromatic heterocycles. The van der Waals surface area contributed by atoms with Crippen LogP contribution in [0.4, 0.5) is 0 Å². The van der Waals surface area contributed by atoms with Crippen LogP contribution in [0.25, 0.3) is 6.08 Å². The number of ketones is 1. The van der Waals surface area contributed by atoms with Crippen molar-refractivity contribution in [3.63, 3.8) is 0 Å². The van der Waals surface area contributed by atoms with Crippen molar-refractivity contribution in [1.82, 2.24) is 4.90 Å². The molecule has 32 heavy (non-hydrogen) atoms. The summed E-state index contributed by atoms with van der Waals surface area (Å²) in [6.07, 6.45) is 3.82. The van der Waals surface area contributed by atoms with Gasteiger partial charge in [0.05, 0.1) is 25.3 Å². The summed E-state index contributed by atoms with van der Waals surface area (Å²) >= 11 is 1.50. The van der Waals surface area contributed by atoms with Gasteiger partial charge in [0.25, 0.3) is 0 Å². The van der Waals surface area contributed by atoms with Gasteiger partial charge in [-0.05, 0) is 63.9 Å². The monoisotopic (exact) mass is 437 g/mol. The molecule has 0 radical (unpaired) electrons. The van der Waals surface area contributed by atoms with Crippen LogP contribution in [0.1, 0.15) is 39.0 Å².